The zero-order chi connectivity index (χ0) is 19.5. The lowest BCUT2D eigenvalue weighted by Gasteiger charge is -2.07. The molecule has 0 bridgehead atoms. The van der Waals surface area contributed by atoms with E-state index in [0.29, 0.717) is 15.6 Å². The van der Waals surface area contributed by atoms with Gasteiger partial charge in [0.2, 0.25) is 5.78 Å². The average molecular weight is 422 g/mol. The number of benzene rings is 3. The number of carbonyl (C=O) groups is 1. The van der Waals surface area contributed by atoms with E-state index in [4.69, 9.17) is 11.6 Å². The van der Waals surface area contributed by atoms with Crippen molar-refractivity contribution in [2.75, 3.05) is 6.26 Å². The van der Waals surface area contributed by atoms with Gasteiger partial charge < -0.3 is 0 Å². The molecular formula is C23H16ClNOS2. The molecule has 0 aliphatic heterocycles. The van der Waals surface area contributed by atoms with Crippen LogP contribution < -0.4 is 0 Å². The first-order chi connectivity index (χ1) is 13.6. The van der Waals surface area contributed by atoms with Crippen molar-refractivity contribution in [3.8, 4) is 0 Å². The van der Waals surface area contributed by atoms with Gasteiger partial charge in [0.1, 0.15) is 0 Å². The summed E-state index contributed by atoms with van der Waals surface area (Å²) in [5.41, 5.74) is 3.26. The van der Waals surface area contributed by atoms with Crippen molar-refractivity contribution >= 4 is 62.3 Å². The summed E-state index contributed by atoms with van der Waals surface area (Å²) >= 11 is 9.10. The number of halogens is 1. The van der Waals surface area contributed by atoms with E-state index in [9.17, 15) is 4.79 Å². The minimum Gasteiger partial charge on any atom is -0.286 e. The van der Waals surface area contributed by atoms with Gasteiger partial charge in [-0.1, -0.05) is 48.0 Å². The van der Waals surface area contributed by atoms with Crippen molar-refractivity contribution in [2.45, 2.75) is 4.90 Å². The number of thiazole rings is 1. The number of aromatic nitrogens is 1. The number of ketones is 1. The van der Waals surface area contributed by atoms with Gasteiger partial charge in [-0.3, -0.25) is 4.79 Å². The number of thioether (sulfide) groups is 1. The molecule has 1 heterocycles. The summed E-state index contributed by atoms with van der Waals surface area (Å²) in [6.07, 6.45) is 3.94. The number of para-hydroxylation sites is 1. The van der Waals surface area contributed by atoms with Crippen LogP contribution in [0.15, 0.2) is 77.7 Å². The summed E-state index contributed by atoms with van der Waals surface area (Å²) in [7, 11) is 0. The minimum absolute atomic E-state index is 0.0759. The van der Waals surface area contributed by atoms with Crippen LogP contribution in [0.2, 0.25) is 5.02 Å². The predicted molar refractivity (Wildman–Crippen MR) is 121 cm³/mol. The predicted octanol–water partition coefficient (Wildman–Crippen LogP) is 7.10. The van der Waals surface area contributed by atoms with E-state index in [1.165, 1.54) is 11.3 Å². The number of carbonyl (C=O) groups excluding carboxylic acids is 1. The molecule has 0 radical (unpaired) electrons. The molecule has 0 atom stereocenters. The molecule has 0 fully saturated rings. The molecule has 138 valence electrons. The highest BCUT2D eigenvalue weighted by atomic mass is 35.5. The molecule has 5 heteroatoms. The lowest BCUT2D eigenvalue weighted by atomic mass is 9.99. The second-order valence-corrected chi connectivity index (χ2v) is 8.50. The topological polar surface area (TPSA) is 30.0 Å². The molecule has 0 saturated carbocycles. The Morgan fingerprint density at radius 3 is 2.39 bits per heavy atom. The number of allylic oxidation sites excluding steroid dienone is 1. The van der Waals surface area contributed by atoms with Crippen molar-refractivity contribution in [3.05, 3.63) is 94.0 Å². The molecule has 0 unspecified atom stereocenters. The van der Waals surface area contributed by atoms with E-state index in [-0.39, 0.29) is 5.78 Å². The van der Waals surface area contributed by atoms with Crippen LogP contribution in [0, 0.1) is 0 Å². The van der Waals surface area contributed by atoms with Crippen molar-refractivity contribution in [2.24, 2.45) is 0 Å². The number of hydrogen-bond donors (Lipinski definition) is 0. The SMILES string of the molecule is CSc1ccc(C(=Cc2ccc(Cl)cc2)C(=O)c2nc3ccccc3s2)cc1. The van der Waals surface area contributed by atoms with Crippen LogP contribution in [0.3, 0.4) is 0 Å². The molecule has 0 aliphatic rings. The third-order valence-corrected chi connectivity index (χ3v) is 6.35. The Labute approximate surface area is 176 Å². The lowest BCUT2D eigenvalue weighted by molar-refractivity contribution is 0.105. The Hall–Kier alpha value is -2.40. The highest BCUT2D eigenvalue weighted by Crippen LogP contribution is 2.29. The summed E-state index contributed by atoms with van der Waals surface area (Å²) in [5.74, 6) is -0.0759. The molecule has 3 aromatic carbocycles. The van der Waals surface area contributed by atoms with E-state index < -0.39 is 0 Å². The Kier molecular flexibility index (Phi) is 5.62. The fraction of sp³-hybridized carbons (Fsp3) is 0.0435. The summed E-state index contributed by atoms with van der Waals surface area (Å²) in [6, 6.07) is 23.3. The maximum absolute atomic E-state index is 13.4. The van der Waals surface area contributed by atoms with Gasteiger partial charge in [0.25, 0.3) is 0 Å². The van der Waals surface area contributed by atoms with Crippen LogP contribution in [0.1, 0.15) is 20.9 Å². The molecule has 0 aliphatic carbocycles. The van der Waals surface area contributed by atoms with Gasteiger partial charge >= 0.3 is 0 Å². The molecule has 0 N–H and O–H groups in total. The zero-order valence-electron chi connectivity index (χ0n) is 15.1. The van der Waals surface area contributed by atoms with Gasteiger partial charge in [-0.25, -0.2) is 4.98 Å². The first-order valence-corrected chi connectivity index (χ1v) is 11.1. The Morgan fingerprint density at radius 2 is 1.71 bits per heavy atom. The van der Waals surface area contributed by atoms with Crippen LogP contribution in [-0.4, -0.2) is 17.0 Å². The number of Topliss-reactive ketones (excluding diaryl/α,β-unsaturated/α-hetero) is 1. The van der Waals surface area contributed by atoms with E-state index >= 15 is 0 Å². The number of fused-ring (bicyclic) bond motifs is 1. The molecule has 0 amide bonds. The smallest absolute Gasteiger partial charge is 0.222 e. The second kappa shape index (κ2) is 8.31. The van der Waals surface area contributed by atoms with E-state index in [0.717, 1.165) is 26.2 Å². The van der Waals surface area contributed by atoms with Gasteiger partial charge in [0.15, 0.2) is 5.01 Å². The fourth-order valence-corrected chi connectivity index (χ4v) is 4.31. The van der Waals surface area contributed by atoms with Crippen LogP contribution in [-0.2, 0) is 0 Å². The van der Waals surface area contributed by atoms with Crippen LogP contribution in [0.25, 0.3) is 21.9 Å². The van der Waals surface area contributed by atoms with Gasteiger partial charge in [-0.15, -0.1) is 23.1 Å². The number of hydrogen-bond acceptors (Lipinski definition) is 4. The van der Waals surface area contributed by atoms with Crippen LogP contribution in [0.5, 0.6) is 0 Å². The first kappa shape index (κ1) is 18.9. The largest absolute Gasteiger partial charge is 0.286 e. The maximum atomic E-state index is 13.4. The molecular weight excluding hydrogens is 406 g/mol. The van der Waals surface area contributed by atoms with Crippen LogP contribution in [0.4, 0.5) is 0 Å². The van der Waals surface area contributed by atoms with Crippen LogP contribution >= 0.6 is 34.7 Å². The van der Waals surface area contributed by atoms with E-state index in [1.807, 2.05) is 85.1 Å². The highest BCUT2D eigenvalue weighted by Gasteiger charge is 2.19. The molecule has 0 spiro atoms. The third kappa shape index (κ3) is 4.04. The average Bonchev–Trinajstić information content (AvgIpc) is 3.17. The molecule has 2 nitrogen and oxygen atoms in total. The fourth-order valence-electron chi connectivity index (χ4n) is 2.86. The van der Waals surface area contributed by atoms with Gasteiger partial charge in [-0.05, 0) is 59.9 Å². The molecule has 28 heavy (non-hydrogen) atoms. The van der Waals surface area contributed by atoms with Gasteiger partial charge in [0.05, 0.1) is 10.2 Å². The lowest BCUT2D eigenvalue weighted by Crippen LogP contribution is -2.02. The van der Waals surface area contributed by atoms with Crippen molar-refractivity contribution < 1.29 is 4.79 Å². The monoisotopic (exact) mass is 421 g/mol. The third-order valence-electron chi connectivity index (χ3n) is 4.31. The normalized spacial score (nSPS) is 11.7. The molecule has 0 saturated heterocycles. The number of rotatable bonds is 5. The van der Waals surface area contributed by atoms with Gasteiger partial charge in [0, 0.05) is 15.5 Å². The van der Waals surface area contributed by atoms with Crippen molar-refractivity contribution in [1.82, 2.24) is 4.98 Å². The summed E-state index contributed by atoms with van der Waals surface area (Å²) in [5, 5.41) is 1.16. The molecule has 4 rings (SSSR count). The highest BCUT2D eigenvalue weighted by molar-refractivity contribution is 7.98. The Balaban J connectivity index is 1.80. The van der Waals surface area contributed by atoms with E-state index in [2.05, 4.69) is 4.98 Å². The zero-order valence-corrected chi connectivity index (χ0v) is 17.4. The maximum Gasteiger partial charge on any atom is 0.222 e. The summed E-state index contributed by atoms with van der Waals surface area (Å²) < 4.78 is 1.01. The van der Waals surface area contributed by atoms with E-state index in [1.54, 1.807) is 11.8 Å². The second-order valence-electron chi connectivity index (χ2n) is 6.15. The molecule has 4 aromatic rings. The summed E-state index contributed by atoms with van der Waals surface area (Å²) in [4.78, 5) is 19.1. The quantitative estimate of drug-likeness (QED) is 0.149. The van der Waals surface area contributed by atoms with Crippen molar-refractivity contribution in [3.63, 3.8) is 0 Å². The van der Waals surface area contributed by atoms with Gasteiger partial charge in [-0.2, -0.15) is 0 Å². The number of nitrogens with zero attached hydrogens (tertiary/aromatic N) is 1. The Morgan fingerprint density at radius 1 is 1.00 bits per heavy atom. The standard InChI is InChI=1S/C23H16ClNOS2/c1-27-18-12-8-16(9-13-18)19(14-15-6-10-17(24)11-7-15)22(26)23-25-20-4-2-3-5-21(20)28-23/h2-14H,1H3. The minimum atomic E-state index is -0.0759. The Bertz CT molecular complexity index is 1130. The molecule has 1 aromatic heterocycles. The summed E-state index contributed by atoms with van der Waals surface area (Å²) in [6.45, 7) is 0. The first-order valence-electron chi connectivity index (χ1n) is 8.66. The van der Waals surface area contributed by atoms with Crippen molar-refractivity contribution in [1.29, 1.82) is 0 Å².